The first-order valence-corrected chi connectivity index (χ1v) is 3.81. The Bertz CT molecular complexity index is 441. The first-order chi connectivity index (χ1) is 7.15. The molecule has 0 aliphatic carbocycles. The standard InChI is InChI=1S/C8H5N4O3/c9-11-10-5-8(13)6-2-1-3-7(4-6)12(14)15/h1-5H/q-1. The van der Waals surface area contributed by atoms with Gasteiger partial charge in [-0.1, -0.05) is 12.1 Å². The van der Waals surface area contributed by atoms with Gasteiger partial charge in [0.25, 0.3) is 5.69 Å². The average molecular weight is 205 g/mol. The minimum Gasteiger partial charge on any atom is -0.362 e. The molecule has 1 aromatic carbocycles. The first kappa shape index (κ1) is 10.6. The molecule has 0 aliphatic rings. The van der Waals surface area contributed by atoms with Crippen LogP contribution in [0.2, 0.25) is 0 Å². The fourth-order valence-corrected chi connectivity index (χ4v) is 0.926. The molecular formula is C8H5N4O3-. The summed E-state index contributed by atoms with van der Waals surface area (Å²) in [5.74, 6) is -0.573. The van der Waals surface area contributed by atoms with E-state index in [9.17, 15) is 14.9 Å². The number of ketones is 1. The SMILES string of the molecule is [N-]=NN=CC(=O)c1cccc([N+](=O)[O-])c1. The summed E-state index contributed by atoms with van der Waals surface area (Å²) in [5.41, 5.74) is 7.89. The van der Waals surface area contributed by atoms with Crippen LogP contribution in [0.1, 0.15) is 10.4 Å². The van der Waals surface area contributed by atoms with Crippen molar-refractivity contribution in [2.75, 3.05) is 0 Å². The number of hydrogen-bond acceptors (Lipinski definition) is 4. The van der Waals surface area contributed by atoms with Crippen LogP contribution in [0.5, 0.6) is 0 Å². The van der Waals surface area contributed by atoms with Crippen molar-refractivity contribution in [3.8, 4) is 0 Å². The molecule has 7 nitrogen and oxygen atoms in total. The van der Waals surface area contributed by atoms with Crippen LogP contribution < -0.4 is 0 Å². The van der Waals surface area contributed by atoms with E-state index >= 15 is 0 Å². The van der Waals surface area contributed by atoms with Crippen LogP contribution >= 0.6 is 0 Å². The number of nitro benzene ring substituents is 1. The second kappa shape index (κ2) is 4.70. The highest BCUT2D eigenvalue weighted by molar-refractivity contribution is 6.35. The number of carbonyl (C=O) groups excluding carboxylic acids is 1. The normalized spacial score (nSPS) is 10.1. The maximum atomic E-state index is 11.2. The Morgan fingerprint density at radius 2 is 2.27 bits per heavy atom. The third kappa shape index (κ3) is 2.76. The van der Waals surface area contributed by atoms with Crippen LogP contribution in [0, 0.1) is 10.1 Å². The molecule has 7 heteroatoms. The van der Waals surface area contributed by atoms with Crippen LogP contribution in [0.15, 0.2) is 34.6 Å². The van der Waals surface area contributed by atoms with Gasteiger partial charge in [-0.05, 0) is 6.21 Å². The second-order valence-electron chi connectivity index (χ2n) is 2.51. The van der Waals surface area contributed by atoms with E-state index in [-0.39, 0.29) is 11.3 Å². The fraction of sp³-hybridized carbons (Fsp3) is 0. The van der Waals surface area contributed by atoms with Crippen LogP contribution in [0.3, 0.4) is 0 Å². The fourth-order valence-electron chi connectivity index (χ4n) is 0.926. The van der Waals surface area contributed by atoms with Crippen molar-refractivity contribution in [1.82, 2.24) is 0 Å². The second-order valence-corrected chi connectivity index (χ2v) is 2.51. The molecule has 0 saturated carbocycles. The molecule has 0 amide bonds. The molecule has 0 atom stereocenters. The number of hydrogen-bond donors (Lipinski definition) is 0. The zero-order valence-corrected chi connectivity index (χ0v) is 7.40. The van der Waals surface area contributed by atoms with E-state index in [0.29, 0.717) is 0 Å². The first-order valence-electron chi connectivity index (χ1n) is 3.81. The van der Waals surface area contributed by atoms with E-state index in [1.54, 1.807) is 0 Å². The van der Waals surface area contributed by atoms with E-state index in [2.05, 4.69) is 10.3 Å². The topological polar surface area (TPSA) is 107 Å². The highest BCUT2D eigenvalue weighted by Crippen LogP contribution is 2.12. The van der Waals surface area contributed by atoms with Crippen molar-refractivity contribution in [3.05, 3.63) is 45.5 Å². The maximum absolute atomic E-state index is 11.2. The third-order valence-electron chi connectivity index (χ3n) is 1.57. The predicted molar refractivity (Wildman–Crippen MR) is 51.7 cm³/mol. The Labute approximate surface area is 84.1 Å². The van der Waals surface area contributed by atoms with Gasteiger partial charge in [0.2, 0.25) is 0 Å². The summed E-state index contributed by atoms with van der Waals surface area (Å²) in [6.45, 7) is 0. The van der Waals surface area contributed by atoms with Gasteiger partial charge >= 0.3 is 0 Å². The molecule has 0 N–H and O–H groups in total. The van der Waals surface area contributed by atoms with Crippen molar-refractivity contribution >= 4 is 17.7 Å². The molecule has 0 aromatic heterocycles. The van der Waals surface area contributed by atoms with Crippen molar-refractivity contribution in [2.24, 2.45) is 10.3 Å². The molecule has 1 rings (SSSR count). The van der Waals surface area contributed by atoms with E-state index in [1.807, 2.05) is 0 Å². The number of benzene rings is 1. The average Bonchev–Trinajstić information content (AvgIpc) is 2.26. The summed E-state index contributed by atoms with van der Waals surface area (Å²) in [7, 11) is 0. The molecule has 0 saturated heterocycles. The predicted octanol–water partition coefficient (Wildman–Crippen LogP) is 1.78. The van der Waals surface area contributed by atoms with Gasteiger partial charge in [-0.2, -0.15) is 0 Å². The lowest BCUT2D eigenvalue weighted by atomic mass is 10.1. The molecule has 0 bridgehead atoms. The zero-order valence-electron chi connectivity index (χ0n) is 7.40. The van der Waals surface area contributed by atoms with Gasteiger partial charge in [0.1, 0.15) is 0 Å². The smallest absolute Gasteiger partial charge is 0.270 e. The van der Waals surface area contributed by atoms with Gasteiger partial charge in [-0.25, -0.2) is 0 Å². The summed E-state index contributed by atoms with van der Waals surface area (Å²) in [6, 6.07) is 5.17. The summed E-state index contributed by atoms with van der Waals surface area (Å²) in [6.07, 6.45) is 0.763. The lowest BCUT2D eigenvalue weighted by Gasteiger charge is -1.96. The Kier molecular flexibility index (Phi) is 3.33. The van der Waals surface area contributed by atoms with Crippen molar-refractivity contribution in [2.45, 2.75) is 0 Å². The summed E-state index contributed by atoms with van der Waals surface area (Å²) in [4.78, 5) is 21.0. The van der Waals surface area contributed by atoms with E-state index in [1.165, 1.54) is 18.2 Å². The highest BCUT2D eigenvalue weighted by atomic mass is 16.6. The van der Waals surface area contributed by atoms with Crippen LogP contribution in [0.4, 0.5) is 5.69 Å². The largest absolute Gasteiger partial charge is 0.362 e. The van der Waals surface area contributed by atoms with Gasteiger partial charge < -0.3 is 10.6 Å². The molecular weight excluding hydrogens is 200 g/mol. The quantitative estimate of drug-likeness (QED) is 0.245. The Morgan fingerprint density at radius 1 is 1.53 bits per heavy atom. The zero-order chi connectivity index (χ0) is 11.3. The van der Waals surface area contributed by atoms with Crippen LogP contribution in [-0.2, 0) is 0 Å². The van der Waals surface area contributed by atoms with Gasteiger partial charge in [-0.3, -0.25) is 20.1 Å². The van der Waals surface area contributed by atoms with Gasteiger partial charge in [0, 0.05) is 17.7 Å². The number of nitrogens with zero attached hydrogens (tertiary/aromatic N) is 4. The number of rotatable bonds is 4. The minimum atomic E-state index is -0.607. The molecule has 0 spiro atoms. The molecule has 0 unspecified atom stereocenters. The molecule has 0 radical (unpaired) electrons. The van der Waals surface area contributed by atoms with Gasteiger partial charge in [0.15, 0.2) is 5.78 Å². The highest BCUT2D eigenvalue weighted by Gasteiger charge is 2.08. The Hall–Kier alpha value is -2.44. The van der Waals surface area contributed by atoms with Crippen LogP contribution in [0.25, 0.3) is 5.53 Å². The summed E-state index contributed by atoms with van der Waals surface area (Å²) < 4.78 is 0. The summed E-state index contributed by atoms with van der Waals surface area (Å²) in [5, 5.41) is 15.7. The molecule has 0 aliphatic heterocycles. The van der Waals surface area contributed by atoms with Crippen molar-refractivity contribution < 1.29 is 9.72 Å². The van der Waals surface area contributed by atoms with Gasteiger partial charge in [-0.15, -0.1) is 0 Å². The number of non-ortho nitro benzene ring substituents is 1. The Morgan fingerprint density at radius 3 is 2.87 bits per heavy atom. The van der Waals surface area contributed by atoms with E-state index in [4.69, 9.17) is 5.53 Å². The monoisotopic (exact) mass is 205 g/mol. The third-order valence-corrected chi connectivity index (χ3v) is 1.57. The molecule has 0 fully saturated rings. The van der Waals surface area contributed by atoms with E-state index < -0.39 is 10.7 Å². The summed E-state index contributed by atoms with van der Waals surface area (Å²) >= 11 is 0. The Balaban J connectivity index is 3.00. The molecule has 76 valence electrons. The number of carbonyl (C=O) groups is 1. The molecule has 15 heavy (non-hydrogen) atoms. The molecule has 0 heterocycles. The minimum absolute atomic E-state index is 0.108. The maximum Gasteiger partial charge on any atom is 0.270 e. The van der Waals surface area contributed by atoms with Crippen molar-refractivity contribution in [3.63, 3.8) is 0 Å². The lowest BCUT2D eigenvalue weighted by molar-refractivity contribution is -0.384. The molecule has 1 aromatic rings. The van der Waals surface area contributed by atoms with Gasteiger partial charge in [0.05, 0.1) is 4.92 Å². The van der Waals surface area contributed by atoms with Crippen LogP contribution in [-0.4, -0.2) is 16.9 Å². The van der Waals surface area contributed by atoms with E-state index in [0.717, 1.165) is 12.3 Å². The number of Topliss-reactive ketones (excluding diaryl/α,β-unsaturated/α-hetero) is 1. The number of nitro groups is 1. The lowest BCUT2D eigenvalue weighted by Crippen LogP contribution is -2.00. The van der Waals surface area contributed by atoms with Crippen molar-refractivity contribution in [1.29, 1.82) is 0 Å².